The van der Waals surface area contributed by atoms with Crippen molar-refractivity contribution in [2.24, 2.45) is 5.73 Å². The maximum absolute atomic E-state index is 11.3. The van der Waals surface area contributed by atoms with Crippen molar-refractivity contribution in [3.63, 3.8) is 0 Å². The number of amides is 1. The summed E-state index contributed by atoms with van der Waals surface area (Å²) in [6.07, 6.45) is 0. The molecule has 1 aromatic rings. The number of hydrogen-bond donors (Lipinski definition) is 2. The molecule has 1 aliphatic rings. The molecule has 0 unspecified atom stereocenters. The first kappa shape index (κ1) is 14.6. The summed E-state index contributed by atoms with van der Waals surface area (Å²) in [6.45, 7) is 0. The second kappa shape index (κ2) is 5.29. The van der Waals surface area contributed by atoms with Crippen LogP contribution in [0.2, 0.25) is 5.02 Å². The van der Waals surface area contributed by atoms with Gasteiger partial charge in [-0.2, -0.15) is 12.7 Å². The minimum Gasteiger partial charge on any atom is -0.317 e. The summed E-state index contributed by atoms with van der Waals surface area (Å²) < 4.78 is 31.3. The highest BCUT2D eigenvalue weighted by molar-refractivity contribution is 8.00. The summed E-state index contributed by atoms with van der Waals surface area (Å²) in [5.41, 5.74) is 6.45. The molecule has 0 spiro atoms. The van der Waals surface area contributed by atoms with Crippen LogP contribution in [0.15, 0.2) is 24.3 Å². The van der Waals surface area contributed by atoms with E-state index in [4.69, 9.17) is 21.9 Å². The molecule has 1 saturated heterocycles. The zero-order valence-corrected chi connectivity index (χ0v) is 12.0. The number of carbonyl (C=O) groups is 1. The second-order valence-corrected chi connectivity index (χ2v) is 6.80. The summed E-state index contributed by atoms with van der Waals surface area (Å²) in [7, 11) is -4.55. The molecule has 104 valence electrons. The molecular formula is C10H11ClN2O4S2. The average molecular weight is 323 g/mol. The summed E-state index contributed by atoms with van der Waals surface area (Å²) in [4.78, 5) is 11.3. The third-order valence-corrected chi connectivity index (χ3v) is 5.26. The Morgan fingerprint density at radius 1 is 1.37 bits per heavy atom. The van der Waals surface area contributed by atoms with E-state index in [0.717, 1.165) is 5.56 Å². The number of benzene rings is 1. The molecule has 19 heavy (non-hydrogen) atoms. The van der Waals surface area contributed by atoms with Crippen molar-refractivity contribution in [2.45, 2.75) is 17.2 Å². The second-order valence-electron chi connectivity index (χ2n) is 3.97. The van der Waals surface area contributed by atoms with Gasteiger partial charge in [0.2, 0.25) is 0 Å². The molecule has 0 bridgehead atoms. The van der Waals surface area contributed by atoms with Gasteiger partial charge in [0.1, 0.15) is 11.4 Å². The van der Waals surface area contributed by atoms with Crippen molar-refractivity contribution in [2.75, 3.05) is 0 Å². The number of hydrogen-bond acceptors (Lipinski definition) is 5. The van der Waals surface area contributed by atoms with E-state index in [1.807, 2.05) is 0 Å². The van der Waals surface area contributed by atoms with E-state index in [2.05, 4.69) is 0 Å². The first-order chi connectivity index (χ1) is 8.80. The normalized spacial score (nSPS) is 23.3. The summed E-state index contributed by atoms with van der Waals surface area (Å²) >= 11 is 6.91. The molecule has 0 aliphatic carbocycles. The summed E-state index contributed by atoms with van der Waals surface area (Å²) in [5, 5.41) is -0.179. The fraction of sp³-hybridized carbons (Fsp3) is 0.300. The molecule has 1 aliphatic heterocycles. The maximum atomic E-state index is 11.3. The molecule has 0 saturated carbocycles. The Bertz CT molecular complexity index is 590. The fourth-order valence-electron chi connectivity index (χ4n) is 1.64. The Labute approximate surface area is 119 Å². The summed E-state index contributed by atoms with van der Waals surface area (Å²) in [6, 6.07) is 6.09. The van der Waals surface area contributed by atoms with Crippen LogP contribution in [0.4, 0.5) is 0 Å². The maximum Gasteiger partial charge on any atom is 0.363 e. The number of β-lactam (4-membered cyclic amide) rings is 1. The minimum atomic E-state index is -4.55. The highest BCUT2D eigenvalue weighted by atomic mass is 35.5. The van der Waals surface area contributed by atoms with Gasteiger partial charge in [-0.3, -0.25) is 9.35 Å². The number of nitrogens with two attached hydrogens (primary N) is 1. The predicted molar refractivity (Wildman–Crippen MR) is 72.9 cm³/mol. The zero-order valence-electron chi connectivity index (χ0n) is 9.56. The van der Waals surface area contributed by atoms with Gasteiger partial charge in [-0.15, -0.1) is 11.8 Å². The lowest BCUT2D eigenvalue weighted by Crippen LogP contribution is -2.68. The number of carbonyl (C=O) groups excluding carboxylic acids is 1. The average Bonchev–Trinajstić information content (AvgIpc) is 2.33. The molecule has 0 radical (unpaired) electrons. The Hall–Kier alpha value is -0.800. The van der Waals surface area contributed by atoms with E-state index >= 15 is 0 Å². The van der Waals surface area contributed by atoms with E-state index in [9.17, 15) is 13.2 Å². The quantitative estimate of drug-likeness (QED) is 0.630. The van der Waals surface area contributed by atoms with Crippen LogP contribution < -0.4 is 5.73 Å². The zero-order chi connectivity index (χ0) is 14.2. The van der Waals surface area contributed by atoms with Gasteiger partial charge < -0.3 is 5.73 Å². The number of rotatable bonds is 4. The van der Waals surface area contributed by atoms with E-state index in [0.29, 0.717) is 15.1 Å². The van der Waals surface area contributed by atoms with Gasteiger partial charge >= 0.3 is 10.3 Å². The van der Waals surface area contributed by atoms with E-state index < -0.39 is 27.6 Å². The van der Waals surface area contributed by atoms with Gasteiger partial charge in [0, 0.05) is 10.8 Å². The van der Waals surface area contributed by atoms with Crippen LogP contribution in [0.1, 0.15) is 5.56 Å². The number of halogens is 1. The molecule has 9 heteroatoms. The Morgan fingerprint density at radius 2 is 1.95 bits per heavy atom. The van der Waals surface area contributed by atoms with Crippen molar-refractivity contribution in [1.82, 2.24) is 4.31 Å². The largest absolute Gasteiger partial charge is 0.363 e. The lowest BCUT2D eigenvalue weighted by molar-refractivity contribution is -0.137. The lowest BCUT2D eigenvalue weighted by atomic mass is 10.2. The van der Waals surface area contributed by atoms with Crippen LogP contribution in [0.3, 0.4) is 0 Å². The van der Waals surface area contributed by atoms with Crippen molar-refractivity contribution in [3.8, 4) is 0 Å². The van der Waals surface area contributed by atoms with Crippen LogP contribution in [0.25, 0.3) is 0 Å². The topological polar surface area (TPSA) is 101 Å². The Morgan fingerprint density at radius 3 is 2.47 bits per heavy atom. The Kier molecular flexibility index (Phi) is 4.07. The van der Waals surface area contributed by atoms with Crippen LogP contribution >= 0.6 is 23.4 Å². The van der Waals surface area contributed by atoms with Crippen LogP contribution in [-0.4, -0.2) is 34.6 Å². The van der Waals surface area contributed by atoms with Gasteiger partial charge in [0.15, 0.2) is 0 Å². The standard InChI is InChI=1S/C10H11ClN2O4S2/c11-7-3-1-6(2-4-7)5-18-10-8(12)9(14)13(10)19(15,16)17/h1-4,8,10H,5,12H2,(H,15,16,17)/t8-,10+/m1/s1. The fourth-order valence-corrected chi connectivity index (χ4v) is 4.13. The van der Waals surface area contributed by atoms with Crippen molar-refractivity contribution in [3.05, 3.63) is 34.9 Å². The van der Waals surface area contributed by atoms with Gasteiger partial charge in [-0.25, -0.2) is 0 Å². The van der Waals surface area contributed by atoms with Crippen LogP contribution in [0, 0.1) is 0 Å². The van der Waals surface area contributed by atoms with Gasteiger partial charge in [0.05, 0.1) is 0 Å². The van der Waals surface area contributed by atoms with Gasteiger partial charge in [0.25, 0.3) is 5.91 Å². The first-order valence-corrected chi connectivity index (χ1v) is 8.05. The SMILES string of the molecule is N[C@@H]1C(=O)N(S(=O)(=O)O)[C@H]1SCc1ccc(Cl)cc1. The lowest BCUT2D eigenvalue weighted by Gasteiger charge is -2.41. The van der Waals surface area contributed by atoms with Crippen LogP contribution in [0.5, 0.6) is 0 Å². The third-order valence-electron chi connectivity index (χ3n) is 2.62. The Balaban J connectivity index is 2.03. The number of nitrogens with zero attached hydrogens (tertiary/aromatic N) is 1. The van der Waals surface area contributed by atoms with Crippen molar-refractivity contribution < 1.29 is 17.8 Å². The molecule has 0 aromatic heterocycles. The summed E-state index contributed by atoms with van der Waals surface area (Å²) in [5.74, 6) is -0.342. The highest BCUT2D eigenvalue weighted by Gasteiger charge is 2.51. The van der Waals surface area contributed by atoms with Crippen molar-refractivity contribution in [1.29, 1.82) is 0 Å². The molecular weight excluding hydrogens is 312 g/mol. The number of thioether (sulfide) groups is 1. The highest BCUT2D eigenvalue weighted by Crippen LogP contribution is 2.33. The molecule has 3 N–H and O–H groups in total. The van der Waals surface area contributed by atoms with Gasteiger partial charge in [-0.1, -0.05) is 23.7 Å². The monoisotopic (exact) mass is 322 g/mol. The predicted octanol–water partition coefficient (Wildman–Crippen LogP) is 0.872. The molecule has 1 heterocycles. The minimum absolute atomic E-state index is 0.401. The van der Waals surface area contributed by atoms with Crippen LogP contribution in [-0.2, 0) is 20.9 Å². The molecule has 1 fully saturated rings. The van der Waals surface area contributed by atoms with Gasteiger partial charge in [-0.05, 0) is 17.7 Å². The molecule has 6 nitrogen and oxygen atoms in total. The van der Waals surface area contributed by atoms with Crippen molar-refractivity contribution >= 4 is 39.6 Å². The smallest absolute Gasteiger partial charge is 0.317 e. The third kappa shape index (κ3) is 3.03. The molecule has 1 amide bonds. The van der Waals surface area contributed by atoms with E-state index in [1.165, 1.54) is 11.8 Å². The first-order valence-electron chi connectivity index (χ1n) is 5.23. The molecule has 2 rings (SSSR count). The van der Waals surface area contributed by atoms with E-state index in [-0.39, 0.29) is 0 Å². The molecule has 2 atom stereocenters. The molecule has 1 aromatic carbocycles. The van der Waals surface area contributed by atoms with E-state index in [1.54, 1.807) is 24.3 Å².